The highest BCUT2D eigenvalue weighted by Gasteiger charge is 2.13. The van der Waals surface area contributed by atoms with Gasteiger partial charge in [0.2, 0.25) is 5.89 Å². The first kappa shape index (κ1) is 15.2. The lowest BCUT2D eigenvalue weighted by atomic mass is 10.2. The van der Waals surface area contributed by atoms with Crippen LogP contribution in [0.1, 0.15) is 5.56 Å². The highest BCUT2D eigenvalue weighted by atomic mass is 35.5. The number of aromatic nitrogens is 2. The summed E-state index contributed by atoms with van der Waals surface area (Å²) in [4.78, 5) is 10.9. The number of rotatable bonds is 3. The standard InChI is InChI=1S/C19H13ClN2OS/c1-12-2-7-17-16(10-12)22-19(23-17)15-8-9-21-11-18(15)24-14-5-3-13(20)4-6-14/h2-11H,1H3. The lowest BCUT2D eigenvalue weighted by Crippen LogP contribution is -1.84. The van der Waals surface area contributed by atoms with E-state index in [2.05, 4.69) is 9.97 Å². The molecule has 2 heterocycles. The lowest BCUT2D eigenvalue weighted by Gasteiger charge is -2.05. The Balaban J connectivity index is 1.75. The molecule has 2 aromatic carbocycles. The number of halogens is 1. The highest BCUT2D eigenvalue weighted by molar-refractivity contribution is 7.99. The Morgan fingerprint density at radius 3 is 2.71 bits per heavy atom. The normalized spacial score (nSPS) is 11.1. The van der Waals surface area contributed by atoms with Crippen molar-refractivity contribution in [1.82, 2.24) is 9.97 Å². The van der Waals surface area contributed by atoms with Gasteiger partial charge < -0.3 is 4.42 Å². The van der Waals surface area contributed by atoms with Crippen LogP contribution in [-0.2, 0) is 0 Å². The van der Waals surface area contributed by atoms with Crippen molar-refractivity contribution < 1.29 is 4.42 Å². The number of fused-ring (bicyclic) bond motifs is 1. The summed E-state index contributed by atoms with van der Waals surface area (Å²) in [5.74, 6) is 0.606. The monoisotopic (exact) mass is 352 g/mol. The molecular formula is C19H13ClN2OS. The molecule has 24 heavy (non-hydrogen) atoms. The Hall–Kier alpha value is -2.30. The number of oxazole rings is 1. The second-order valence-electron chi connectivity index (χ2n) is 5.42. The van der Waals surface area contributed by atoms with E-state index in [-0.39, 0.29) is 0 Å². The molecule has 0 spiro atoms. The summed E-state index contributed by atoms with van der Waals surface area (Å²) < 4.78 is 5.93. The zero-order chi connectivity index (χ0) is 16.5. The number of hydrogen-bond donors (Lipinski definition) is 0. The molecule has 4 aromatic rings. The van der Waals surface area contributed by atoms with Crippen LogP contribution < -0.4 is 0 Å². The Morgan fingerprint density at radius 1 is 1.04 bits per heavy atom. The first-order valence-corrected chi connectivity index (χ1v) is 8.63. The van der Waals surface area contributed by atoms with Crippen LogP contribution in [0.2, 0.25) is 5.02 Å². The van der Waals surface area contributed by atoms with Gasteiger partial charge in [0, 0.05) is 27.2 Å². The minimum atomic E-state index is 0.606. The van der Waals surface area contributed by atoms with Crippen molar-refractivity contribution in [3.63, 3.8) is 0 Å². The van der Waals surface area contributed by atoms with E-state index >= 15 is 0 Å². The Morgan fingerprint density at radius 2 is 1.88 bits per heavy atom. The molecule has 0 fully saturated rings. The number of hydrogen-bond acceptors (Lipinski definition) is 4. The number of benzene rings is 2. The van der Waals surface area contributed by atoms with E-state index in [0.29, 0.717) is 5.89 Å². The van der Waals surface area contributed by atoms with Gasteiger partial charge in [0.25, 0.3) is 0 Å². The summed E-state index contributed by atoms with van der Waals surface area (Å²) in [5, 5.41) is 0.722. The zero-order valence-electron chi connectivity index (χ0n) is 12.9. The van der Waals surface area contributed by atoms with E-state index in [4.69, 9.17) is 16.0 Å². The zero-order valence-corrected chi connectivity index (χ0v) is 14.4. The first-order valence-electron chi connectivity index (χ1n) is 7.44. The molecule has 0 atom stereocenters. The maximum atomic E-state index is 5.95. The summed E-state index contributed by atoms with van der Waals surface area (Å²) in [5.41, 5.74) is 3.74. The molecule has 0 radical (unpaired) electrons. The van der Waals surface area contributed by atoms with Gasteiger partial charge in [-0.1, -0.05) is 29.4 Å². The predicted molar refractivity (Wildman–Crippen MR) is 97.6 cm³/mol. The van der Waals surface area contributed by atoms with Crippen molar-refractivity contribution in [2.24, 2.45) is 0 Å². The molecule has 0 N–H and O–H groups in total. The third-order valence-electron chi connectivity index (χ3n) is 3.60. The Bertz CT molecular complexity index is 1010. The fourth-order valence-corrected chi connectivity index (χ4v) is 3.45. The maximum absolute atomic E-state index is 5.95. The summed E-state index contributed by atoms with van der Waals surface area (Å²) in [6, 6.07) is 15.6. The molecule has 0 aliphatic rings. The van der Waals surface area contributed by atoms with Crippen molar-refractivity contribution in [3.05, 3.63) is 71.5 Å². The minimum absolute atomic E-state index is 0.606. The third-order valence-corrected chi connectivity index (χ3v) is 4.90. The molecular weight excluding hydrogens is 340 g/mol. The predicted octanol–water partition coefficient (Wildman–Crippen LogP) is 6.00. The van der Waals surface area contributed by atoms with Gasteiger partial charge in [0.05, 0.1) is 5.56 Å². The lowest BCUT2D eigenvalue weighted by molar-refractivity contribution is 0.618. The first-order chi connectivity index (χ1) is 11.7. The molecule has 0 bridgehead atoms. The van der Waals surface area contributed by atoms with Crippen molar-refractivity contribution in [3.8, 4) is 11.5 Å². The second-order valence-corrected chi connectivity index (χ2v) is 6.97. The van der Waals surface area contributed by atoms with Gasteiger partial charge in [0.1, 0.15) is 5.52 Å². The fourth-order valence-electron chi connectivity index (χ4n) is 2.42. The number of nitrogens with zero attached hydrogens (tertiary/aromatic N) is 2. The van der Waals surface area contributed by atoms with Crippen LogP contribution in [0, 0.1) is 6.92 Å². The Labute approximate surface area is 148 Å². The second kappa shape index (κ2) is 6.30. The summed E-state index contributed by atoms with van der Waals surface area (Å²) in [6.45, 7) is 2.04. The van der Waals surface area contributed by atoms with Gasteiger partial charge in [-0.15, -0.1) is 0 Å². The molecule has 4 rings (SSSR count). The topological polar surface area (TPSA) is 38.9 Å². The molecule has 0 aliphatic carbocycles. The molecule has 0 aliphatic heterocycles. The van der Waals surface area contributed by atoms with Crippen LogP contribution in [0.25, 0.3) is 22.6 Å². The Kier molecular flexibility index (Phi) is 4.00. The van der Waals surface area contributed by atoms with Crippen LogP contribution in [0.3, 0.4) is 0 Å². The van der Waals surface area contributed by atoms with E-state index in [1.165, 1.54) is 0 Å². The average Bonchev–Trinajstić information content (AvgIpc) is 3.00. The molecule has 3 nitrogen and oxygen atoms in total. The van der Waals surface area contributed by atoms with Crippen molar-refractivity contribution in [1.29, 1.82) is 0 Å². The van der Waals surface area contributed by atoms with Gasteiger partial charge in [-0.25, -0.2) is 4.98 Å². The van der Waals surface area contributed by atoms with Gasteiger partial charge in [-0.3, -0.25) is 4.98 Å². The van der Waals surface area contributed by atoms with Crippen molar-refractivity contribution >= 4 is 34.5 Å². The van der Waals surface area contributed by atoms with Crippen molar-refractivity contribution in [2.45, 2.75) is 16.7 Å². The fraction of sp³-hybridized carbons (Fsp3) is 0.0526. The molecule has 5 heteroatoms. The number of aryl methyl sites for hydroxylation is 1. The van der Waals surface area contributed by atoms with Crippen molar-refractivity contribution in [2.75, 3.05) is 0 Å². The summed E-state index contributed by atoms with van der Waals surface area (Å²) in [7, 11) is 0. The van der Waals surface area contributed by atoms with Gasteiger partial charge in [0.15, 0.2) is 5.58 Å². The largest absolute Gasteiger partial charge is 0.436 e. The van der Waals surface area contributed by atoms with Crippen LogP contribution in [0.5, 0.6) is 0 Å². The third kappa shape index (κ3) is 3.03. The molecule has 118 valence electrons. The quantitative estimate of drug-likeness (QED) is 0.453. The molecule has 0 amide bonds. The van der Waals surface area contributed by atoms with Gasteiger partial charge >= 0.3 is 0 Å². The smallest absolute Gasteiger partial charge is 0.228 e. The average molecular weight is 353 g/mol. The minimum Gasteiger partial charge on any atom is -0.436 e. The van der Waals surface area contributed by atoms with E-state index in [1.807, 2.05) is 61.7 Å². The van der Waals surface area contributed by atoms with E-state index < -0.39 is 0 Å². The van der Waals surface area contributed by atoms with E-state index in [9.17, 15) is 0 Å². The number of pyridine rings is 1. The van der Waals surface area contributed by atoms with Crippen LogP contribution in [-0.4, -0.2) is 9.97 Å². The highest BCUT2D eigenvalue weighted by Crippen LogP contribution is 2.36. The van der Waals surface area contributed by atoms with Crippen LogP contribution in [0.15, 0.2) is 75.1 Å². The molecule has 2 aromatic heterocycles. The molecule has 0 saturated heterocycles. The maximum Gasteiger partial charge on any atom is 0.228 e. The SMILES string of the molecule is Cc1ccc2oc(-c3ccncc3Sc3ccc(Cl)cc3)nc2c1. The van der Waals surface area contributed by atoms with E-state index in [0.717, 1.165) is 37.0 Å². The molecule has 0 unspecified atom stereocenters. The van der Waals surface area contributed by atoms with Crippen LogP contribution in [0.4, 0.5) is 0 Å². The molecule has 0 saturated carbocycles. The van der Waals surface area contributed by atoms with Gasteiger partial charge in [-0.05, 0) is 55.0 Å². The van der Waals surface area contributed by atoms with Gasteiger partial charge in [-0.2, -0.15) is 0 Å². The van der Waals surface area contributed by atoms with Crippen LogP contribution >= 0.6 is 23.4 Å². The summed E-state index contributed by atoms with van der Waals surface area (Å²) in [6.07, 6.45) is 3.58. The van der Waals surface area contributed by atoms with E-state index in [1.54, 1.807) is 18.0 Å². The summed E-state index contributed by atoms with van der Waals surface area (Å²) >= 11 is 7.56.